The Bertz CT molecular complexity index is 291. The molecule has 0 spiro atoms. The van der Waals surface area contributed by atoms with Crippen LogP contribution in [0.1, 0.15) is 18.7 Å². The maximum Gasteiger partial charge on any atom is 0.237 e. The van der Waals surface area contributed by atoms with Gasteiger partial charge in [-0.25, -0.2) is 4.98 Å². The van der Waals surface area contributed by atoms with Crippen LogP contribution >= 0.6 is 0 Å². The van der Waals surface area contributed by atoms with Gasteiger partial charge in [0.2, 0.25) is 5.91 Å². The summed E-state index contributed by atoms with van der Waals surface area (Å²) in [6.45, 7) is 1.34. The molecular formula is C8H13N5O. The minimum absolute atomic E-state index is 0.0297. The van der Waals surface area contributed by atoms with Gasteiger partial charge in [0.05, 0.1) is 12.6 Å². The Morgan fingerprint density at radius 1 is 1.71 bits per heavy atom. The van der Waals surface area contributed by atoms with Crippen LogP contribution in [0.3, 0.4) is 0 Å². The van der Waals surface area contributed by atoms with E-state index in [1.165, 1.54) is 6.33 Å². The number of aromatic amines is 1. The van der Waals surface area contributed by atoms with Gasteiger partial charge in [0, 0.05) is 0 Å². The molecule has 1 aliphatic heterocycles. The zero-order valence-electron chi connectivity index (χ0n) is 7.79. The second-order valence-electron chi connectivity index (χ2n) is 3.30. The molecule has 1 saturated heterocycles. The number of aromatic nitrogens is 3. The van der Waals surface area contributed by atoms with Crippen molar-refractivity contribution in [1.29, 1.82) is 0 Å². The first-order valence-corrected chi connectivity index (χ1v) is 4.71. The van der Waals surface area contributed by atoms with Crippen LogP contribution in [0.25, 0.3) is 0 Å². The van der Waals surface area contributed by atoms with E-state index < -0.39 is 0 Å². The third kappa shape index (κ3) is 2.08. The topological polar surface area (TPSA) is 82.7 Å². The van der Waals surface area contributed by atoms with E-state index >= 15 is 0 Å². The SMILES string of the molecule is O=C(NCc1ncn[nH]1)[C@@H]1CCCN1. The van der Waals surface area contributed by atoms with Crippen LogP contribution in [-0.4, -0.2) is 33.7 Å². The molecular weight excluding hydrogens is 182 g/mol. The van der Waals surface area contributed by atoms with Gasteiger partial charge in [-0.3, -0.25) is 9.89 Å². The van der Waals surface area contributed by atoms with Crippen LogP contribution in [0.2, 0.25) is 0 Å². The minimum Gasteiger partial charge on any atom is -0.347 e. The van der Waals surface area contributed by atoms with Gasteiger partial charge < -0.3 is 10.6 Å². The summed E-state index contributed by atoms with van der Waals surface area (Å²) in [7, 11) is 0. The lowest BCUT2D eigenvalue weighted by molar-refractivity contribution is -0.122. The first-order valence-electron chi connectivity index (χ1n) is 4.71. The van der Waals surface area contributed by atoms with Crippen molar-refractivity contribution in [2.24, 2.45) is 0 Å². The molecule has 6 nitrogen and oxygen atoms in total. The largest absolute Gasteiger partial charge is 0.347 e. The van der Waals surface area contributed by atoms with E-state index in [2.05, 4.69) is 25.8 Å². The fraction of sp³-hybridized carbons (Fsp3) is 0.625. The number of carbonyl (C=O) groups excluding carboxylic acids is 1. The van der Waals surface area contributed by atoms with Crippen molar-refractivity contribution in [1.82, 2.24) is 25.8 Å². The Labute approximate surface area is 81.5 Å². The highest BCUT2D eigenvalue weighted by atomic mass is 16.2. The predicted octanol–water partition coefficient (Wildman–Crippen LogP) is -0.827. The first kappa shape index (κ1) is 9.14. The smallest absolute Gasteiger partial charge is 0.237 e. The second kappa shape index (κ2) is 4.19. The third-order valence-corrected chi connectivity index (χ3v) is 2.27. The number of nitrogens with one attached hydrogen (secondary N) is 3. The maximum absolute atomic E-state index is 11.5. The standard InChI is InChI=1S/C8H13N5O/c14-8(6-2-1-3-9-6)10-4-7-11-5-12-13-7/h5-6,9H,1-4H2,(H,10,14)(H,11,12,13)/t6-/m0/s1. The fourth-order valence-corrected chi connectivity index (χ4v) is 1.52. The van der Waals surface area contributed by atoms with Gasteiger partial charge in [-0.2, -0.15) is 5.10 Å². The van der Waals surface area contributed by atoms with Crippen molar-refractivity contribution in [2.45, 2.75) is 25.4 Å². The lowest BCUT2D eigenvalue weighted by Crippen LogP contribution is -2.40. The number of nitrogens with zero attached hydrogens (tertiary/aromatic N) is 2. The zero-order chi connectivity index (χ0) is 9.80. The molecule has 1 atom stereocenters. The number of rotatable bonds is 3. The molecule has 1 aliphatic rings. The van der Waals surface area contributed by atoms with Crippen LogP contribution in [0.5, 0.6) is 0 Å². The van der Waals surface area contributed by atoms with E-state index in [0.717, 1.165) is 19.4 Å². The van der Waals surface area contributed by atoms with Crippen molar-refractivity contribution in [3.8, 4) is 0 Å². The normalized spacial score (nSPS) is 21.0. The molecule has 2 heterocycles. The highest BCUT2D eigenvalue weighted by molar-refractivity contribution is 5.81. The lowest BCUT2D eigenvalue weighted by Gasteiger charge is -2.09. The Morgan fingerprint density at radius 2 is 2.64 bits per heavy atom. The third-order valence-electron chi connectivity index (χ3n) is 2.27. The van der Waals surface area contributed by atoms with Crippen LogP contribution in [0, 0.1) is 0 Å². The van der Waals surface area contributed by atoms with Gasteiger partial charge in [-0.05, 0) is 19.4 Å². The van der Waals surface area contributed by atoms with Crippen molar-refractivity contribution < 1.29 is 4.79 Å². The van der Waals surface area contributed by atoms with Crippen LogP contribution in [0.15, 0.2) is 6.33 Å². The minimum atomic E-state index is -0.0297. The van der Waals surface area contributed by atoms with Crippen molar-refractivity contribution in [3.05, 3.63) is 12.2 Å². The van der Waals surface area contributed by atoms with E-state index in [0.29, 0.717) is 12.4 Å². The van der Waals surface area contributed by atoms with Gasteiger partial charge in [0.25, 0.3) is 0 Å². The van der Waals surface area contributed by atoms with Gasteiger partial charge in [0.15, 0.2) is 0 Å². The summed E-state index contributed by atoms with van der Waals surface area (Å²) in [5.41, 5.74) is 0. The second-order valence-corrected chi connectivity index (χ2v) is 3.30. The Kier molecular flexibility index (Phi) is 2.73. The summed E-state index contributed by atoms with van der Waals surface area (Å²) in [6.07, 6.45) is 3.41. The molecule has 0 radical (unpaired) electrons. The number of carbonyl (C=O) groups is 1. The molecule has 0 saturated carbocycles. The van der Waals surface area contributed by atoms with E-state index in [1.807, 2.05) is 0 Å². The summed E-state index contributed by atoms with van der Waals surface area (Å²) in [5, 5.41) is 12.3. The van der Waals surface area contributed by atoms with E-state index in [-0.39, 0.29) is 11.9 Å². The Morgan fingerprint density at radius 3 is 3.29 bits per heavy atom. The lowest BCUT2D eigenvalue weighted by atomic mass is 10.2. The average Bonchev–Trinajstić information content (AvgIpc) is 2.87. The first-order chi connectivity index (χ1) is 6.86. The highest BCUT2D eigenvalue weighted by Gasteiger charge is 2.21. The van der Waals surface area contributed by atoms with Crippen molar-refractivity contribution in [2.75, 3.05) is 6.54 Å². The molecule has 0 unspecified atom stereocenters. The summed E-state index contributed by atoms with van der Waals surface area (Å²) in [5.74, 6) is 0.718. The Hall–Kier alpha value is -1.43. The molecule has 0 bridgehead atoms. The molecule has 6 heteroatoms. The molecule has 1 fully saturated rings. The van der Waals surface area contributed by atoms with Crippen molar-refractivity contribution in [3.63, 3.8) is 0 Å². The summed E-state index contributed by atoms with van der Waals surface area (Å²) < 4.78 is 0. The maximum atomic E-state index is 11.5. The molecule has 3 N–H and O–H groups in total. The monoisotopic (exact) mass is 195 g/mol. The predicted molar refractivity (Wildman–Crippen MR) is 49.3 cm³/mol. The number of amides is 1. The molecule has 1 amide bonds. The van der Waals surface area contributed by atoms with Gasteiger partial charge in [0.1, 0.15) is 12.2 Å². The fourth-order valence-electron chi connectivity index (χ4n) is 1.52. The number of hydrogen-bond donors (Lipinski definition) is 3. The molecule has 14 heavy (non-hydrogen) atoms. The average molecular weight is 195 g/mol. The molecule has 1 aromatic heterocycles. The number of H-pyrrole nitrogens is 1. The molecule has 76 valence electrons. The Balaban J connectivity index is 1.77. The zero-order valence-corrected chi connectivity index (χ0v) is 7.79. The van der Waals surface area contributed by atoms with E-state index in [1.54, 1.807) is 0 Å². The summed E-state index contributed by atoms with van der Waals surface area (Å²) >= 11 is 0. The van der Waals surface area contributed by atoms with Crippen LogP contribution in [0.4, 0.5) is 0 Å². The quantitative estimate of drug-likeness (QED) is 0.588. The molecule has 0 aliphatic carbocycles. The van der Waals surface area contributed by atoms with E-state index in [9.17, 15) is 4.79 Å². The highest BCUT2D eigenvalue weighted by Crippen LogP contribution is 2.04. The molecule has 1 aromatic rings. The van der Waals surface area contributed by atoms with Gasteiger partial charge in [-0.15, -0.1) is 0 Å². The van der Waals surface area contributed by atoms with Crippen LogP contribution < -0.4 is 10.6 Å². The van der Waals surface area contributed by atoms with Gasteiger partial charge >= 0.3 is 0 Å². The summed E-state index contributed by atoms with van der Waals surface area (Å²) in [4.78, 5) is 15.4. The van der Waals surface area contributed by atoms with Crippen LogP contribution in [-0.2, 0) is 11.3 Å². The summed E-state index contributed by atoms with van der Waals surface area (Å²) in [6, 6.07) is -0.0297. The van der Waals surface area contributed by atoms with Crippen molar-refractivity contribution >= 4 is 5.91 Å². The van der Waals surface area contributed by atoms with E-state index in [4.69, 9.17) is 0 Å². The molecule has 2 rings (SSSR count). The van der Waals surface area contributed by atoms with Gasteiger partial charge in [-0.1, -0.05) is 0 Å². The number of hydrogen-bond acceptors (Lipinski definition) is 4. The molecule has 0 aromatic carbocycles.